The Hall–Kier alpha value is -2.38. The number of hydrogen-bond donors (Lipinski definition) is 0. The third-order valence-corrected chi connectivity index (χ3v) is 5.51. The van der Waals surface area contributed by atoms with Crippen LogP contribution in [0.25, 0.3) is 10.9 Å². The van der Waals surface area contributed by atoms with E-state index in [0.29, 0.717) is 49.1 Å². The lowest BCUT2D eigenvalue weighted by Gasteiger charge is -2.35. The molecule has 0 saturated carbocycles. The maximum Gasteiger partial charge on any atom is 0.260 e. The number of ether oxygens (including phenoxy) is 2. The van der Waals surface area contributed by atoms with Gasteiger partial charge in [-0.15, -0.1) is 0 Å². The minimum absolute atomic E-state index is 0.0413. The van der Waals surface area contributed by atoms with Crippen LogP contribution in [0.4, 0.5) is 0 Å². The highest BCUT2D eigenvalue weighted by Gasteiger charge is 2.31. The normalized spacial score (nSPS) is 19.8. The number of rotatable bonds is 4. The highest BCUT2D eigenvalue weighted by molar-refractivity contribution is 6.35. The highest BCUT2D eigenvalue weighted by atomic mass is 35.5. The molecule has 2 aliphatic rings. The maximum atomic E-state index is 12.5. The van der Waals surface area contributed by atoms with E-state index >= 15 is 0 Å². The Bertz CT molecular complexity index is 877. The quantitative estimate of drug-likeness (QED) is 0.781. The van der Waals surface area contributed by atoms with E-state index in [1.807, 2.05) is 6.07 Å². The Morgan fingerprint density at radius 1 is 1.18 bits per heavy atom. The van der Waals surface area contributed by atoms with Gasteiger partial charge in [0, 0.05) is 44.4 Å². The van der Waals surface area contributed by atoms with E-state index < -0.39 is 0 Å². The van der Waals surface area contributed by atoms with Crippen molar-refractivity contribution in [2.75, 3.05) is 39.4 Å². The van der Waals surface area contributed by atoms with Gasteiger partial charge in [-0.25, -0.2) is 0 Å². The Labute approximate surface area is 168 Å². The first-order valence-corrected chi connectivity index (χ1v) is 9.85. The molecule has 28 heavy (non-hydrogen) atoms. The van der Waals surface area contributed by atoms with Crippen LogP contribution in [0.3, 0.4) is 0 Å². The van der Waals surface area contributed by atoms with E-state index in [0.717, 1.165) is 18.2 Å². The van der Waals surface area contributed by atoms with Crippen LogP contribution in [-0.2, 0) is 14.3 Å². The lowest BCUT2D eigenvalue weighted by Crippen LogP contribution is -2.53. The molecule has 0 N–H and O–H groups in total. The molecule has 1 unspecified atom stereocenters. The molecule has 7 nitrogen and oxygen atoms in total. The van der Waals surface area contributed by atoms with Crippen molar-refractivity contribution in [1.29, 1.82) is 0 Å². The zero-order valence-electron chi connectivity index (χ0n) is 15.5. The molecule has 2 aliphatic heterocycles. The minimum atomic E-state index is -0.309. The van der Waals surface area contributed by atoms with Crippen LogP contribution < -0.4 is 4.74 Å². The number of carbonyl (C=O) groups excluding carboxylic acids is 2. The highest BCUT2D eigenvalue weighted by Crippen LogP contribution is 2.29. The number of benzene rings is 1. The van der Waals surface area contributed by atoms with Crippen molar-refractivity contribution < 1.29 is 19.1 Å². The summed E-state index contributed by atoms with van der Waals surface area (Å²) in [4.78, 5) is 32.8. The molecule has 1 atom stereocenters. The second-order valence-corrected chi connectivity index (χ2v) is 7.35. The molecule has 1 aromatic heterocycles. The number of hydrogen-bond acceptors (Lipinski definition) is 5. The fraction of sp³-hybridized carbons (Fsp3) is 0.450. The van der Waals surface area contributed by atoms with Gasteiger partial charge in [0.1, 0.15) is 17.4 Å². The predicted molar refractivity (Wildman–Crippen MR) is 104 cm³/mol. The van der Waals surface area contributed by atoms with Crippen molar-refractivity contribution in [3.05, 3.63) is 35.5 Å². The fourth-order valence-corrected chi connectivity index (χ4v) is 3.83. The summed E-state index contributed by atoms with van der Waals surface area (Å²) in [6, 6.07) is 7.13. The third kappa shape index (κ3) is 3.91. The van der Waals surface area contributed by atoms with E-state index in [9.17, 15) is 9.59 Å². The molecule has 4 rings (SSSR count). The number of carbonyl (C=O) groups is 2. The van der Waals surface area contributed by atoms with Crippen LogP contribution in [0, 0.1) is 0 Å². The molecule has 2 amide bonds. The van der Waals surface area contributed by atoms with Crippen LogP contribution in [0.5, 0.6) is 5.75 Å². The van der Waals surface area contributed by atoms with Crippen molar-refractivity contribution in [2.45, 2.75) is 18.9 Å². The van der Waals surface area contributed by atoms with Crippen molar-refractivity contribution >= 4 is 34.3 Å². The van der Waals surface area contributed by atoms with Gasteiger partial charge in [-0.05, 0) is 37.1 Å². The Kier molecular flexibility index (Phi) is 5.64. The zero-order valence-corrected chi connectivity index (χ0v) is 16.2. The molecule has 2 aromatic rings. The second kappa shape index (κ2) is 8.32. The molecular formula is C20H22ClN3O4. The Balaban J connectivity index is 1.32. The molecule has 1 aromatic carbocycles. The summed E-state index contributed by atoms with van der Waals surface area (Å²) in [5.41, 5.74) is 0.634. The van der Waals surface area contributed by atoms with E-state index in [1.165, 1.54) is 0 Å². The molecule has 2 saturated heterocycles. The van der Waals surface area contributed by atoms with Gasteiger partial charge in [0.05, 0.1) is 5.02 Å². The molecule has 2 fully saturated rings. The Morgan fingerprint density at radius 3 is 2.71 bits per heavy atom. The maximum absolute atomic E-state index is 12.5. The van der Waals surface area contributed by atoms with E-state index in [4.69, 9.17) is 21.1 Å². The molecule has 0 spiro atoms. The smallest absolute Gasteiger partial charge is 0.260 e. The van der Waals surface area contributed by atoms with Crippen LogP contribution >= 0.6 is 11.6 Å². The number of pyridine rings is 1. The molecular weight excluding hydrogens is 382 g/mol. The Morgan fingerprint density at radius 2 is 1.96 bits per heavy atom. The van der Waals surface area contributed by atoms with Gasteiger partial charge in [-0.2, -0.15) is 0 Å². The zero-order chi connectivity index (χ0) is 19.5. The SMILES string of the molecule is O=C(COc1ccc(Cl)c2cccnc12)N1CCN(C(=O)C2CCCO2)CC1. The summed E-state index contributed by atoms with van der Waals surface area (Å²) in [6.07, 6.45) is 3.07. The van der Waals surface area contributed by atoms with Crippen LogP contribution in [0.2, 0.25) is 5.02 Å². The van der Waals surface area contributed by atoms with Gasteiger partial charge in [0.2, 0.25) is 0 Å². The van der Waals surface area contributed by atoms with Crippen molar-refractivity contribution in [3.63, 3.8) is 0 Å². The summed E-state index contributed by atoms with van der Waals surface area (Å²) in [5.74, 6) is 0.461. The minimum Gasteiger partial charge on any atom is -0.481 e. The average molecular weight is 404 g/mol. The molecule has 3 heterocycles. The molecule has 0 aliphatic carbocycles. The lowest BCUT2D eigenvalue weighted by molar-refractivity contribution is -0.146. The molecule has 0 radical (unpaired) electrons. The van der Waals surface area contributed by atoms with Crippen LogP contribution in [0.1, 0.15) is 12.8 Å². The van der Waals surface area contributed by atoms with Crippen molar-refractivity contribution in [3.8, 4) is 5.75 Å². The number of piperazine rings is 1. The molecule has 148 valence electrons. The van der Waals surface area contributed by atoms with Gasteiger partial charge >= 0.3 is 0 Å². The van der Waals surface area contributed by atoms with E-state index in [-0.39, 0.29) is 24.5 Å². The van der Waals surface area contributed by atoms with Gasteiger partial charge in [-0.1, -0.05) is 11.6 Å². The van der Waals surface area contributed by atoms with Crippen LogP contribution in [0.15, 0.2) is 30.5 Å². The fourth-order valence-electron chi connectivity index (χ4n) is 3.61. The summed E-state index contributed by atoms with van der Waals surface area (Å²) in [6.45, 7) is 2.62. The van der Waals surface area contributed by atoms with Crippen LogP contribution in [-0.4, -0.2) is 72.1 Å². The number of aromatic nitrogens is 1. The first-order chi connectivity index (χ1) is 13.6. The van der Waals surface area contributed by atoms with E-state index in [2.05, 4.69) is 4.98 Å². The first kappa shape index (κ1) is 19.0. The van der Waals surface area contributed by atoms with Crippen molar-refractivity contribution in [1.82, 2.24) is 14.8 Å². The lowest BCUT2D eigenvalue weighted by atomic mass is 10.2. The average Bonchev–Trinajstić information content (AvgIpc) is 3.28. The predicted octanol–water partition coefficient (Wildman–Crippen LogP) is 2.12. The monoisotopic (exact) mass is 403 g/mol. The van der Waals surface area contributed by atoms with E-state index in [1.54, 1.807) is 34.2 Å². The summed E-state index contributed by atoms with van der Waals surface area (Å²) >= 11 is 6.19. The number of amides is 2. The van der Waals surface area contributed by atoms with Gasteiger partial charge in [0.25, 0.3) is 11.8 Å². The summed E-state index contributed by atoms with van der Waals surface area (Å²) in [5, 5.41) is 1.38. The van der Waals surface area contributed by atoms with Gasteiger partial charge in [-0.3, -0.25) is 14.6 Å². The summed E-state index contributed by atoms with van der Waals surface area (Å²) < 4.78 is 11.2. The second-order valence-electron chi connectivity index (χ2n) is 6.94. The standard InChI is InChI=1S/C20H22ClN3O4/c21-15-5-6-16(19-14(15)3-1-7-22-19)28-13-18(25)23-8-10-24(11-9-23)20(26)17-4-2-12-27-17/h1,3,5-7,17H,2,4,8-13H2. The van der Waals surface area contributed by atoms with Crippen molar-refractivity contribution in [2.24, 2.45) is 0 Å². The third-order valence-electron chi connectivity index (χ3n) is 5.18. The topological polar surface area (TPSA) is 72.0 Å². The van der Waals surface area contributed by atoms with Gasteiger partial charge < -0.3 is 19.3 Å². The molecule has 0 bridgehead atoms. The number of nitrogens with zero attached hydrogens (tertiary/aromatic N) is 3. The largest absolute Gasteiger partial charge is 0.481 e. The first-order valence-electron chi connectivity index (χ1n) is 9.47. The molecule has 8 heteroatoms. The summed E-state index contributed by atoms with van der Waals surface area (Å²) in [7, 11) is 0. The number of fused-ring (bicyclic) bond motifs is 1. The van der Waals surface area contributed by atoms with Gasteiger partial charge in [0.15, 0.2) is 6.61 Å². The number of halogens is 1.